The van der Waals surface area contributed by atoms with E-state index >= 15 is 0 Å². The molecule has 0 bridgehead atoms. The van der Waals surface area contributed by atoms with Crippen LogP contribution in [0.15, 0.2) is 34.3 Å². The number of anilines is 1. The van der Waals surface area contributed by atoms with E-state index in [4.69, 9.17) is 4.74 Å². The van der Waals surface area contributed by atoms with Crippen molar-refractivity contribution in [3.05, 3.63) is 45.9 Å². The molecule has 224 valence electrons. The Labute approximate surface area is 239 Å². The number of ether oxygens (including phenoxy) is 1. The number of sulfone groups is 1. The number of fused-ring (bicyclic) bond motifs is 1. The van der Waals surface area contributed by atoms with Gasteiger partial charge in [-0.2, -0.15) is 28.2 Å². The maximum absolute atomic E-state index is 13.9. The Morgan fingerprint density at radius 3 is 2.48 bits per heavy atom. The minimum absolute atomic E-state index is 0.00807. The fourth-order valence-electron chi connectivity index (χ4n) is 4.65. The Morgan fingerprint density at radius 2 is 1.88 bits per heavy atom. The minimum Gasteiger partial charge on any atom is -0.444 e. The molecule has 0 saturated carbocycles. The van der Waals surface area contributed by atoms with Crippen molar-refractivity contribution in [2.45, 2.75) is 57.1 Å². The number of nitriles is 1. The third-order valence-corrected chi connectivity index (χ3v) is 7.28. The second-order valence-corrected chi connectivity index (χ2v) is 12.7. The summed E-state index contributed by atoms with van der Waals surface area (Å²) in [6.45, 7) is 6.55. The lowest BCUT2D eigenvalue weighted by molar-refractivity contribution is -0.138. The molecule has 1 fully saturated rings. The summed E-state index contributed by atoms with van der Waals surface area (Å²) in [5, 5.41) is 12.7. The number of halogens is 3. The smallest absolute Gasteiger partial charge is 0.418 e. The second-order valence-electron chi connectivity index (χ2n) is 10.8. The highest BCUT2D eigenvalue weighted by Gasteiger charge is 2.37. The van der Waals surface area contributed by atoms with Gasteiger partial charge in [0.15, 0.2) is 0 Å². The van der Waals surface area contributed by atoms with Crippen molar-refractivity contribution in [2.24, 2.45) is 0 Å². The maximum Gasteiger partial charge on any atom is 0.418 e. The van der Waals surface area contributed by atoms with E-state index in [1.54, 1.807) is 25.7 Å². The SMILES string of the molecule is Cc1cccc(-n2ncc3c(N4CCN(C(=O)OC(C)(C)C)C(CC#N)C4)nc(S(C)(=O)=O)nc3c2=O)c1C(F)(F)F. The standard InChI is InChI=1S/C26H28F3N7O5S/c1-15-7-6-8-18(19(15)26(27,28)29)36-22(37)20-17(13-31-36)21(33-23(32-20)42(5,39)40)34-11-12-35(16(14-34)9-10-30)24(38)41-25(2,3)4/h6-8,13,16H,9,11-12,14H2,1-5H3. The maximum atomic E-state index is 13.9. The second kappa shape index (κ2) is 10.9. The zero-order valence-corrected chi connectivity index (χ0v) is 24.2. The van der Waals surface area contributed by atoms with E-state index < -0.39 is 61.2 Å². The van der Waals surface area contributed by atoms with Crippen LogP contribution < -0.4 is 10.5 Å². The lowest BCUT2D eigenvalue weighted by atomic mass is 10.1. The molecule has 1 amide bonds. The molecule has 12 nitrogen and oxygen atoms in total. The first kappa shape index (κ1) is 30.7. The van der Waals surface area contributed by atoms with Gasteiger partial charge in [-0.3, -0.25) is 4.79 Å². The van der Waals surface area contributed by atoms with Crippen LogP contribution in [-0.4, -0.2) is 76.7 Å². The third-order valence-electron chi connectivity index (χ3n) is 6.43. The van der Waals surface area contributed by atoms with Gasteiger partial charge in [-0.15, -0.1) is 0 Å². The van der Waals surface area contributed by atoms with Gasteiger partial charge < -0.3 is 14.5 Å². The first-order valence-corrected chi connectivity index (χ1v) is 14.6. The predicted molar refractivity (Wildman–Crippen MR) is 145 cm³/mol. The zero-order chi connectivity index (χ0) is 31.2. The van der Waals surface area contributed by atoms with E-state index in [0.29, 0.717) is 4.68 Å². The first-order valence-electron chi connectivity index (χ1n) is 12.7. The number of hydrogen-bond acceptors (Lipinski definition) is 10. The highest BCUT2D eigenvalue weighted by molar-refractivity contribution is 7.90. The Hall–Kier alpha value is -4.26. The number of nitrogens with zero attached hydrogens (tertiary/aromatic N) is 7. The highest BCUT2D eigenvalue weighted by atomic mass is 32.2. The van der Waals surface area contributed by atoms with Crippen molar-refractivity contribution < 1.29 is 31.1 Å². The number of aromatic nitrogens is 4. The molecule has 1 aliphatic rings. The number of benzene rings is 1. The van der Waals surface area contributed by atoms with Crippen molar-refractivity contribution in [1.82, 2.24) is 24.6 Å². The molecule has 1 saturated heterocycles. The average molecular weight is 608 g/mol. The minimum atomic E-state index is -4.81. The van der Waals surface area contributed by atoms with Crippen LogP contribution in [0.25, 0.3) is 16.6 Å². The lowest BCUT2D eigenvalue weighted by Gasteiger charge is -2.41. The topological polar surface area (TPSA) is 151 Å². The summed E-state index contributed by atoms with van der Waals surface area (Å²) in [6, 6.07) is 5.01. The molecule has 1 aromatic carbocycles. The third kappa shape index (κ3) is 6.15. The summed E-state index contributed by atoms with van der Waals surface area (Å²) in [5.41, 5.74) is -4.09. The van der Waals surface area contributed by atoms with Crippen molar-refractivity contribution in [3.63, 3.8) is 0 Å². The van der Waals surface area contributed by atoms with Crippen molar-refractivity contribution in [2.75, 3.05) is 30.8 Å². The molecule has 1 atom stereocenters. The fraction of sp³-hybridized carbons (Fsp3) is 0.462. The molecule has 0 radical (unpaired) electrons. The molecule has 4 rings (SSSR count). The highest BCUT2D eigenvalue weighted by Crippen LogP contribution is 2.36. The summed E-state index contributed by atoms with van der Waals surface area (Å²) < 4.78 is 72.8. The van der Waals surface area contributed by atoms with E-state index in [9.17, 15) is 36.4 Å². The van der Waals surface area contributed by atoms with Crippen LogP contribution in [0.2, 0.25) is 0 Å². The zero-order valence-electron chi connectivity index (χ0n) is 23.4. The summed E-state index contributed by atoms with van der Waals surface area (Å²) in [7, 11) is -4.09. The van der Waals surface area contributed by atoms with E-state index in [-0.39, 0.29) is 42.8 Å². The fourth-order valence-corrected chi connectivity index (χ4v) is 5.16. The molecule has 2 aromatic heterocycles. The summed E-state index contributed by atoms with van der Waals surface area (Å²) in [5.74, 6) is -0.0239. The Morgan fingerprint density at radius 1 is 1.19 bits per heavy atom. The molecular weight excluding hydrogens is 579 g/mol. The lowest BCUT2D eigenvalue weighted by Crippen LogP contribution is -2.56. The van der Waals surface area contributed by atoms with Crippen LogP contribution in [-0.2, 0) is 20.8 Å². The van der Waals surface area contributed by atoms with Gasteiger partial charge >= 0.3 is 12.3 Å². The summed E-state index contributed by atoms with van der Waals surface area (Å²) in [4.78, 5) is 37.5. The largest absolute Gasteiger partial charge is 0.444 e. The van der Waals surface area contributed by atoms with E-state index in [1.807, 2.05) is 6.07 Å². The van der Waals surface area contributed by atoms with E-state index in [2.05, 4.69) is 15.1 Å². The number of carbonyl (C=O) groups is 1. The monoisotopic (exact) mass is 607 g/mol. The number of alkyl halides is 3. The van der Waals surface area contributed by atoms with E-state index in [0.717, 1.165) is 18.5 Å². The number of piperazine rings is 1. The molecule has 3 heterocycles. The van der Waals surface area contributed by atoms with Crippen LogP contribution in [0, 0.1) is 18.3 Å². The number of amides is 1. The summed E-state index contributed by atoms with van der Waals surface area (Å²) in [6.07, 6.45) is -3.60. The number of aryl methyl sites for hydroxylation is 1. The van der Waals surface area contributed by atoms with E-state index in [1.165, 1.54) is 24.0 Å². The van der Waals surface area contributed by atoms with Gasteiger partial charge in [0.2, 0.25) is 15.0 Å². The number of hydrogen-bond donors (Lipinski definition) is 0. The van der Waals surface area contributed by atoms with Crippen LogP contribution in [0.3, 0.4) is 0 Å². The number of carbonyl (C=O) groups excluding carboxylic acids is 1. The van der Waals surface area contributed by atoms with Gasteiger partial charge in [0, 0.05) is 25.9 Å². The van der Waals surface area contributed by atoms with Gasteiger partial charge in [-0.1, -0.05) is 12.1 Å². The normalized spacial score (nSPS) is 16.4. The Kier molecular flexibility index (Phi) is 7.94. The van der Waals surface area contributed by atoms with Crippen molar-refractivity contribution >= 4 is 32.7 Å². The molecule has 3 aromatic rings. The van der Waals surface area contributed by atoms with Crippen LogP contribution in [0.1, 0.15) is 38.3 Å². The molecule has 0 N–H and O–H groups in total. The van der Waals surface area contributed by atoms with Crippen LogP contribution in [0.4, 0.5) is 23.8 Å². The van der Waals surface area contributed by atoms with Gasteiger partial charge in [0.25, 0.3) is 5.56 Å². The van der Waals surface area contributed by atoms with Gasteiger partial charge in [-0.05, 0) is 39.3 Å². The first-order chi connectivity index (χ1) is 19.4. The van der Waals surface area contributed by atoms with Crippen LogP contribution in [0.5, 0.6) is 0 Å². The molecule has 0 aliphatic carbocycles. The predicted octanol–water partition coefficient (Wildman–Crippen LogP) is 3.25. The summed E-state index contributed by atoms with van der Waals surface area (Å²) >= 11 is 0. The Balaban J connectivity index is 1.87. The molecular formula is C26H28F3N7O5S. The van der Waals surface area contributed by atoms with Gasteiger partial charge in [-0.25, -0.2) is 23.2 Å². The molecule has 1 unspecified atom stereocenters. The van der Waals surface area contributed by atoms with Crippen LogP contribution >= 0.6 is 0 Å². The Bertz CT molecular complexity index is 1760. The molecule has 42 heavy (non-hydrogen) atoms. The van der Waals surface area contributed by atoms with Crippen molar-refractivity contribution in [1.29, 1.82) is 5.26 Å². The molecule has 0 spiro atoms. The van der Waals surface area contributed by atoms with Gasteiger partial charge in [0.1, 0.15) is 16.9 Å². The molecule has 1 aliphatic heterocycles. The molecule has 16 heteroatoms. The average Bonchev–Trinajstić information content (AvgIpc) is 2.86. The van der Waals surface area contributed by atoms with Gasteiger partial charge in [0.05, 0.1) is 41.4 Å². The van der Waals surface area contributed by atoms with Crippen molar-refractivity contribution in [3.8, 4) is 11.8 Å². The quantitative estimate of drug-likeness (QED) is 0.404. The number of rotatable bonds is 4.